The van der Waals surface area contributed by atoms with E-state index in [0.717, 1.165) is 83.6 Å². The second kappa shape index (κ2) is 15.5. The Kier molecular flexibility index (Phi) is 9.13. The van der Waals surface area contributed by atoms with Gasteiger partial charge in [-0.05, 0) is 123 Å². The molecule has 0 fully saturated rings. The average Bonchev–Trinajstić information content (AvgIpc) is 3.66. The molecule has 9 rings (SSSR count). The molecule has 0 aliphatic heterocycles. The molecule has 0 saturated heterocycles. The van der Waals surface area contributed by atoms with E-state index in [0.29, 0.717) is 11.4 Å². The largest absolute Gasteiger partial charge is 0.507 e. The number of hydrogen-bond donors (Lipinski definition) is 1. The van der Waals surface area contributed by atoms with Crippen LogP contribution in [0.25, 0.3) is 83.9 Å². The number of rotatable bonds is 9. The van der Waals surface area contributed by atoms with Crippen molar-refractivity contribution >= 4 is 11.0 Å². The summed E-state index contributed by atoms with van der Waals surface area (Å²) in [6.07, 6.45) is 1.86. The number of hydrogen-bond acceptors (Lipinski definition) is 3. The van der Waals surface area contributed by atoms with E-state index in [2.05, 4.69) is 114 Å². The summed E-state index contributed by atoms with van der Waals surface area (Å²) in [6.45, 7) is 7.63. The van der Waals surface area contributed by atoms with Crippen LogP contribution in [0.5, 0.6) is 5.75 Å². The fourth-order valence-electron chi connectivity index (χ4n) is 7.76. The number of aromatic hydroxyl groups is 1. The van der Waals surface area contributed by atoms with Crippen molar-refractivity contribution in [1.82, 2.24) is 14.5 Å². The summed E-state index contributed by atoms with van der Waals surface area (Å²) in [7, 11) is 0. The molecule has 9 aromatic rings. The van der Waals surface area contributed by atoms with Gasteiger partial charge in [-0.3, -0.25) is 9.55 Å². The maximum Gasteiger partial charge on any atom is 0.149 e. The van der Waals surface area contributed by atoms with Gasteiger partial charge in [-0.2, -0.15) is 0 Å². The molecule has 0 amide bonds. The number of fused-ring (bicyclic) bond motifs is 1. The van der Waals surface area contributed by atoms with E-state index in [-0.39, 0.29) is 5.75 Å². The van der Waals surface area contributed by atoms with E-state index in [1.807, 2.05) is 94.6 Å². The van der Waals surface area contributed by atoms with Crippen molar-refractivity contribution < 1.29 is 7.85 Å². The van der Waals surface area contributed by atoms with Crippen LogP contribution in [0.15, 0.2) is 182 Å². The summed E-state index contributed by atoms with van der Waals surface area (Å²) in [4.78, 5) is 10.3. The molecule has 1 N–H and O–H groups in total. The Morgan fingerprint density at radius 1 is 0.483 bits per heavy atom. The lowest BCUT2D eigenvalue weighted by Gasteiger charge is -2.16. The van der Waals surface area contributed by atoms with Gasteiger partial charge in [0, 0.05) is 25.8 Å². The molecular formula is C54H45N3O. The summed E-state index contributed by atoms with van der Waals surface area (Å²) in [6, 6.07) is 59.5. The fourth-order valence-corrected chi connectivity index (χ4v) is 7.76. The third kappa shape index (κ3) is 7.10. The van der Waals surface area contributed by atoms with Crippen molar-refractivity contribution in [2.45, 2.75) is 39.5 Å². The molecule has 0 radical (unpaired) electrons. The first-order valence-corrected chi connectivity index (χ1v) is 19.7. The Balaban J connectivity index is 1.27. The quantitative estimate of drug-likeness (QED) is 0.160. The van der Waals surface area contributed by atoms with Crippen molar-refractivity contribution in [2.75, 3.05) is 0 Å². The predicted molar refractivity (Wildman–Crippen MR) is 241 cm³/mol. The lowest BCUT2D eigenvalue weighted by molar-refractivity contribution is 0.477. The van der Waals surface area contributed by atoms with Crippen LogP contribution in [0.3, 0.4) is 0 Å². The molecule has 0 aliphatic rings. The monoisotopic (exact) mass is 753 g/mol. The maximum atomic E-state index is 11.3. The molecule has 58 heavy (non-hydrogen) atoms. The van der Waals surface area contributed by atoms with Crippen molar-refractivity contribution in [1.29, 1.82) is 0 Å². The summed E-state index contributed by atoms with van der Waals surface area (Å²) < 4.78 is 19.7. The van der Waals surface area contributed by atoms with Crippen LogP contribution in [0, 0.1) is 0 Å². The zero-order valence-electron chi connectivity index (χ0n) is 35.1. The van der Waals surface area contributed by atoms with Crippen LogP contribution in [0.1, 0.15) is 53.4 Å². The first-order valence-electron chi connectivity index (χ1n) is 20.7. The lowest BCUT2D eigenvalue weighted by Crippen LogP contribution is -2.01. The Labute approximate surface area is 343 Å². The van der Waals surface area contributed by atoms with Gasteiger partial charge in [0.15, 0.2) is 0 Å². The minimum absolute atomic E-state index is 0.133. The van der Waals surface area contributed by atoms with Crippen molar-refractivity contribution in [3.05, 3.63) is 193 Å². The molecule has 0 spiro atoms. The van der Waals surface area contributed by atoms with E-state index < -0.39 is 11.8 Å². The number of phenols is 1. The number of phenolic OH excluding ortho intramolecular Hbond substituents is 1. The highest BCUT2D eigenvalue weighted by atomic mass is 16.3. The topological polar surface area (TPSA) is 50.9 Å². The second-order valence-electron chi connectivity index (χ2n) is 15.3. The molecule has 0 atom stereocenters. The van der Waals surface area contributed by atoms with Gasteiger partial charge >= 0.3 is 0 Å². The summed E-state index contributed by atoms with van der Waals surface area (Å²) in [5.41, 5.74) is 14.9. The third-order valence-electron chi connectivity index (χ3n) is 10.9. The molecule has 0 bridgehead atoms. The summed E-state index contributed by atoms with van der Waals surface area (Å²) >= 11 is 0. The highest BCUT2D eigenvalue weighted by Gasteiger charge is 2.22. The van der Waals surface area contributed by atoms with Gasteiger partial charge in [0.1, 0.15) is 11.6 Å². The average molecular weight is 754 g/mol. The lowest BCUT2D eigenvalue weighted by atomic mass is 9.93. The molecule has 4 nitrogen and oxygen atoms in total. The molecule has 0 aliphatic carbocycles. The highest BCUT2D eigenvalue weighted by molar-refractivity contribution is 5.97. The van der Waals surface area contributed by atoms with E-state index in [9.17, 15) is 5.11 Å². The minimum Gasteiger partial charge on any atom is -0.507 e. The number of imidazole rings is 1. The Hall–Kier alpha value is -7.04. The fraction of sp³-hybridized carbons (Fsp3) is 0.111. The molecule has 0 unspecified atom stereocenters. The van der Waals surface area contributed by atoms with Gasteiger partial charge < -0.3 is 5.11 Å². The highest BCUT2D eigenvalue weighted by Crippen LogP contribution is 2.41. The van der Waals surface area contributed by atoms with Crippen LogP contribution >= 0.6 is 0 Å². The standard InChI is InChI=1S/C54H45N3O/c1-35(2)37-22-24-40(25-23-37)41-26-27-55-50(34-41)46-30-43(38-14-7-5-8-15-38)29-45(31-46)48-19-13-20-51-53(48)56-54(49-18-11-12-21-52(49)58)57(51)47-32-42(36(3)4)28-44(33-47)39-16-9-6-10-17-39/h5-36,58H,1-4H3/i35D,36D. The second-order valence-corrected chi connectivity index (χ2v) is 15.3. The van der Waals surface area contributed by atoms with Gasteiger partial charge in [0.25, 0.3) is 0 Å². The Morgan fingerprint density at radius 2 is 1.09 bits per heavy atom. The van der Waals surface area contributed by atoms with Crippen LogP contribution in [-0.2, 0) is 0 Å². The van der Waals surface area contributed by atoms with Crippen molar-refractivity contribution in [3.63, 3.8) is 0 Å². The number of para-hydroxylation sites is 2. The van der Waals surface area contributed by atoms with E-state index in [1.54, 1.807) is 6.07 Å². The van der Waals surface area contributed by atoms with Gasteiger partial charge in [-0.15, -0.1) is 0 Å². The SMILES string of the molecule is [2H]C(C)(C)c1ccc(-c2ccnc(-c3cc(-c4ccccc4)cc(-c4cccc5c4nc(-c4ccccc4O)n5-c4cc(-c5ccccc5)cc(C([2H])(C)C)c4)c3)c2)cc1. The van der Waals surface area contributed by atoms with Gasteiger partial charge in [-0.25, -0.2) is 4.98 Å². The van der Waals surface area contributed by atoms with E-state index in [4.69, 9.17) is 12.7 Å². The van der Waals surface area contributed by atoms with Crippen LogP contribution in [0.2, 0.25) is 0 Å². The van der Waals surface area contributed by atoms with Gasteiger partial charge in [0.05, 0.1) is 22.3 Å². The van der Waals surface area contributed by atoms with E-state index >= 15 is 0 Å². The van der Waals surface area contributed by atoms with Crippen LogP contribution in [-0.4, -0.2) is 19.6 Å². The van der Waals surface area contributed by atoms with Crippen LogP contribution in [0.4, 0.5) is 0 Å². The Morgan fingerprint density at radius 3 is 1.78 bits per heavy atom. The minimum atomic E-state index is -0.877. The number of pyridine rings is 1. The first kappa shape index (κ1) is 34.2. The molecule has 282 valence electrons. The third-order valence-corrected chi connectivity index (χ3v) is 10.9. The molecule has 2 aromatic heterocycles. The maximum absolute atomic E-state index is 11.3. The number of benzene rings is 7. The first-order chi connectivity index (χ1) is 28.9. The van der Waals surface area contributed by atoms with E-state index in [1.165, 1.54) is 0 Å². The van der Waals surface area contributed by atoms with Gasteiger partial charge in [0.2, 0.25) is 0 Å². The smallest absolute Gasteiger partial charge is 0.149 e. The van der Waals surface area contributed by atoms with Crippen molar-refractivity contribution in [2.24, 2.45) is 0 Å². The molecule has 2 heterocycles. The predicted octanol–water partition coefficient (Wildman–Crippen LogP) is 14.4. The molecular weight excluding hydrogens is 707 g/mol. The molecule has 0 saturated carbocycles. The zero-order chi connectivity index (χ0) is 41.6. The molecule has 7 aromatic carbocycles. The zero-order valence-corrected chi connectivity index (χ0v) is 33.1. The molecule has 4 heteroatoms. The number of nitrogens with zero attached hydrogens (tertiary/aromatic N) is 3. The summed E-state index contributed by atoms with van der Waals surface area (Å²) in [5.74, 6) is -0.820. The van der Waals surface area contributed by atoms with Crippen molar-refractivity contribution in [3.8, 4) is 78.6 Å². The number of aromatic nitrogens is 3. The van der Waals surface area contributed by atoms with Gasteiger partial charge in [-0.1, -0.05) is 143 Å². The van der Waals surface area contributed by atoms with Crippen LogP contribution < -0.4 is 0 Å². The Bertz CT molecular complexity index is 3000. The summed E-state index contributed by atoms with van der Waals surface area (Å²) in [5, 5.41) is 11.3. The normalized spacial score (nSPS) is 12.3.